The van der Waals surface area contributed by atoms with Crippen LogP contribution in [0.3, 0.4) is 0 Å². The molecule has 1 atom stereocenters. The molecule has 1 saturated heterocycles. The summed E-state index contributed by atoms with van der Waals surface area (Å²) in [7, 11) is 1.68. The fourth-order valence-corrected chi connectivity index (χ4v) is 2.11. The van der Waals surface area contributed by atoms with Gasteiger partial charge in [-0.1, -0.05) is 18.2 Å². The molecule has 5 heteroatoms. The summed E-state index contributed by atoms with van der Waals surface area (Å²) < 4.78 is 10.8. The minimum atomic E-state index is -0.284. The van der Waals surface area contributed by atoms with Crippen LogP contribution in [-0.2, 0) is 11.3 Å². The van der Waals surface area contributed by atoms with Crippen molar-refractivity contribution >= 4 is 5.84 Å². The molecule has 1 aliphatic heterocycles. The van der Waals surface area contributed by atoms with Gasteiger partial charge in [-0.2, -0.15) is 0 Å². The number of benzene rings is 1. The SMILES string of the molecule is COc1ccccc1CN1CCOC(C(=N)N)C1. The Balaban J connectivity index is 2.02. The van der Waals surface area contributed by atoms with Crippen molar-refractivity contribution in [2.45, 2.75) is 12.6 Å². The molecule has 0 amide bonds. The molecule has 5 nitrogen and oxygen atoms in total. The first-order valence-corrected chi connectivity index (χ1v) is 6.00. The van der Waals surface area contributed by atoms with Gasteiger partial charge in [0.1, 0.15) is 17.7 Å². The van der Waals surface area contributed by atoms with Gasteiger partial charge in [0, 0.05) is 25.2 Å². The molecular weight excluding hydrogens is 230 g/mol. The highest BCUT2D eigenvalue weighted by atomic mass is 16.5. The van der Waals surface area contributed by atoms with Crippen LogP contribution in [-0.4, -0.2) is 43.6 Å². The third-order valence-electron chi connectivity index (χ3n) is 3.08. The number of nitrogens with one attached hydrogen (secondary N) is 1. The third-order valence-corrected chi connectivity index (χ3v) is 3.08. The molecule has 98 valence electrons. The second kappa shape index (κ2) is 5.84. The number of hydrogen-bond acceptors (Lipinski definition) is 4. The topological polar surface area (TPSA) is 71.6 Å². The van der Waals surface area contributed by atoms with Crippen LogP contribution in [0.15, 0.2) is 24.3 Å². The van der Waals surface area contributed by atoms with Crippen LogP contribution in [0.1, 0.15) is 5.56 Å². The first kappa shape index (κ1) is 12.9. The van der Waals surface area contributed by atoms with Crippen LogP contribution in [0.2, 0.25) is 0 Å². The smallest absolute Gasteiger partial charge is 0.127 e. The van der Waals surface area contributed by atoms with E-state index in [2.05, 4.69) is 11.0 Å². The summed E-state index contributed by atoms with van der Waals surface area (Å²) in [5.41, 5.74) is 6.63. The average molecular weight is 249 g/mol. The van der Waals surface area contributed by atoms with Gasteiger partial charge in [0.15, 0.2) is 0 Å². The van der Waals surface area contributed by atoms with Gasteiger partial charge >= 0.3 is 0 Å². The van der Waals surface area contributed by atoms with Gasteiger partial charge in [-0.15, -0.1) is 0 Å². The maximum Gasteiger partial charge on any atom is 0.127 e. The van der Waals surface area contributed by atoms with Crippen LogP contribution in [0.25, 0.3) is 0 Å². The molecule has 1 aromatic carbocycles. The summed E-state index contributed by atoms with van der Waals surface area (Å²) in [6.45, 7) is 2.91. The van der Waals surface area contributed by atoms with Gasteiger partial charge < -0.3 is 15.2 Å². The number of rotatable bonds is 4. The predicted molar refractivity (Wildman–Crippen MR) is 69.9 cm³/mol. The number of methoxy groups -OCH3 is 1. The highest BCUT2D eigenvalue weighted by Crippen LogP contribution is 2.20. The van der Waals surface area contributed by atoms with E-state index in [1.165, 1.54) is 0 Å². The van der Waals surface area contributed by atoms with Gasteiger partial charge in [0.25, 0.3) is 0 Å². The maximum absolute atomic E-state index is 7.44. The summed E-state index contributed by atoms with van der Waals surface area (Å²) in [6, 6.07) is 7.97. The average Bonchev–Trinajstić information content (AvgIpc) is 2.39. The number of morpholine rings is 1. The molecule has 0 radical (unpaired) electrons. The molecular formula is C13H19N3O2. The van der Waals surface area contributed by atoms with Crippen molar-refractivity contribution < 1.29 is 9.47 Å². The maximum atomic E-state index is 7.44. The Labute approximate surface area is 107 Å². The van der Waals surface area contributed by atoms with Crippen LogP contribution < -0.4 is 10.5 Å². The number of ether oxygens (including phenoxy) is 2. The van der Waals surface area contributed by atoms with Gasteiger partial charge in [-0.05, 0) is 6.07 Å². The van der Waals surface area contributed by atoms with E-state index in [0.29, 0.717) is 13.2 Å². The predicted octanol–water partition coefficient (Wildman–Crippen LogP) is 0.832. The lowest BCUT2D eigenvalue weighted by atomic mass is 10.1. The van der Waals surface area contributed by atoms with Crippen LogP contribution in [0, 0.1) is 5.41 Å². The second-order valence-electron chi connectivity index (χ2n) is 4.36. The van der Waals surface area contributed by atoms with Gasteiger partial charge in [-0.25, -0.2) is 0 Å². The molecule has 1 unspecified atom stereocenters. The minimum Gasteiger partial charge on any atom is -0.496 e. The van der Waals surface area contributed by atoms with Crippen molar-refractivity contribution in [2.75, 3.05) is 26.8 Å². The molecule has 2 rings (SSSR count). The first-order chi connectivity index (χ1) is 8.70. The fraction of sp³-hybridized carbons (Fsp3) is 0.462. The first-order valence-electron chi connectivity index (χ1n) is 6.00. The van der Waals surface area contributed by atoms with Gasteiger partial charge in [0.2, 0.25) is 0 Å². The standard InChI is InChI=1S/C13H19N3O2/c1-17-11-5-3-2-4-10(11)8-16-6-7-18-12(9-16)13(14)15/h2-5,12H,6-9H2,1H3,(H3,14,15). The molecule has 18 heavy (non-hydrogen) atoms. The minimum absolute atomic E-state index is 0.0970. The summed E-state index contributed by atoms with van der Waals surface area (Å²) in [5.74, 6) is 0.989. The molecule has 0 bridgehead atoms. The van der Waals surface area contributed by atoms with Crippen molar-refractivity contribution in [1.82, 2.24) is 4.90 Å². The van der Waals surface area contributed by atoms with Crippen LogP contribution in [0.4, 0.5) is 0 Å². The quantitative estimate of drug-likeness (QED) is 0.612. The Kier molecular flexibility index (Phi) is 4.17. The number of para-hydroxylation sites is 1. The third kappa shape index (κ3) is 3.00. The van der Waals surface area contributed by atoms with E-state index >= 15 is 0 Å². The van der Waals surface area contributed by atoms with E-state index in [1.54, 1.807) is 7.11 Å². The van der Waals surface area contributed by atoms with E-state index in [0.717, 1.165) is 24.4 Å². The molecule has 0 saturated carbocycles. The Morgan fingerprint density at radius 3 is 3.06 bits per heavy atom. The van der Waals surface area contributed by atoms with Crippen LogP contribution in [0.5, 0.6) is 5.75 Å². The Hall–Kier alpha value is -1.59. The summed E-state index contributed by atoms with van der Waals surface area (Å²) in [4.78, 5) is 2.23. The Morgan fingerprint density at radius 2 is 2.33 bits per heavy atom. The van der Waals surface area contributed by atoms with Crippen molar-refractivity contribution in [2.24, 2.45) is 5.73 Å². The largest absolute Gasteiger partial charge is 0.496 e. The van der Waals surface area contributed by atoms with Crippen LogP contribution >= 0.6 is 0 Å². The second-order valence-corrected chi connectivity index (χ2v) is 4.36. The molecule has 0 aliphatic carbocycles. The highest BCUT2D eigenvalue weighted by Gasteiger charge is 2.23. The molecule has 1 aromatic rings. The van der Waals surface area contributed by atoms with Crippen molar-refractivity contribution in [1.29, 1.82) is 5.41 Å². The molecule has 1 heterocycles. The molecule has 1 fully saturated rings. The monoisotopic (exact) mass is 249 g/mol. The summed E-state index contributed by atoms with van der Waals surface area (Å²) in [5, 5.41) is 7.44. The van der Waals surface area contributed by atoms with E-state index in [4.69, 9.17) is 20.6 Å². The molecule has 0 spiro atoms. The Bertz CT molecular complexity index is 422. The zero-order chi connectivity index (χ0) is 13.0. The van der Waals surface area contributed by atoms with E-state index in [1.807, 2.05) is 18.2 Å². The Morgan fingerprint density at radius 1 is 1.56 bits per heavy atom. The molecule has 3 N–H and O–H groups in total. The number of nitrogens with two attached hydrogens (primary N) is 1. The summed E-state index contributed by atoms with van der Waals surface area (Å²) in [6.07, 6.45) is -0.284. The van der Waals surface area contributed by atoms with E-state index in [-0.39, 0.29) is 11.9 Å². The van der Waals surface area contributed by atoms with Crippen molar-refractivity contribution in [3.05, 3.63) is 29.8 Å². The normalized spacial score (nSPS) is 20.6. The van der Waals surface area contributed by atoms with Gasteiger partial charge in [-0.3, -0.25) is 10.3 Å². The number of nitrogens with zero attached hydrogens (tertiary/aromatic N) is 1. The van der Waals surface area contributed by atoms with E-state index in [9.17, 15) is 0 Å². The lowest BCUT2D eigenvalue weighted by Gasteiger charge is -2.32. The number of hydrogen-bond donors (Lipinski definition) is 2. The van der Waals surface area contributed by atoms with Gasteiger partial charge in [0.05, 0.1) is 13.7 Å². The lowest BCUT2D eigenvalue weighted by molar-refractivity contribution is 0.00213. The zero-order valence-corrected chi connectivity index (χ0v) is 10.6. The molecule has 1 aliphatic rings. The zero-order valence-electron chi connectivity index (χ0n) is 10.6. The fourth-order valence-electron chi connectivity index (χ4n) is 2.11. The lowest BCUT2D eigenvalue weighted by Crippen LogP contribution is -2.47. The highest BCUT2D eigenvalue weighted by molar-refractivity contribution is 5.82. The number of amidine groups is 1. The van der Waals surface area contributed by atoms with E-state index < -0.39 is 0 Å². The molecule has 0 aromatic heterocycles. The van der Waals surface area contributed by atoms with Crippen molar-refractivity contribution in [3.8, 4) is 5.75 Å². The van der Waals surface area contributed by atoms with Crippen molar-refractivity contribution in [3.63, 3.8) is 0 Å². The summed E-state index contributed by atoms with van der Waals surface area (Å²) >= 11 is 0.